The van der Waals surface area contributed by atoms with Crippen LogP contribution in [0.1, 0.15) is 34.3 Å². The molecule has 0 bridgehead atoms. The highest BCUT2D eigenvalue weighted by molar-refractivity contribution is 7.99. The molecule has 1 aliphatic rings. The van der Waals surface area contributed by atoms with E-state index < -0.39 is 5.97 Å². The first-order valence-electron chi connectivity index (χ1n) is 4.66. The summed E-state index contributed by atoms with van der Waals surface area (Å²) in [6, 6.07) is 0. The Balaban J connectivity index is 2.28. The molecule has 6 heteroatoms. The minimum absolute atomic E-state index is 0.0262. The van der Waals surface area contributed by atoms with Crippen molar-refractivity contribution < 1.29 is 9.90 Å². The van der Waals surface area contributed by atoms with Crippen molar-refractivity contribution in [2.24, 2.45) is 0 Å². The monoisotopic (exact) mass is 225 g/mol. The van der Waals surface area contributed by atoms with Crippen molar-refractivity contribution in [2.45, 2.75) is 18.1 Å². The van der Waals surface area contributed by atoms with Crippen molar-refractivity contribution in [2.75, 3.05) is 11.5 Å². The van der Waals surface area contributed by atoms with Crippen LogP contribution in [0.3, 0.4) is 0 Å². The number of aromatic nitrogens is 2. The molecule has 5 nitrogen and oxygen atoms in total. The molecule has 80 valence electrons. The van der Waals surface area contributed by atoms with Gasteiger partial charge in [0.05, 0.1) is 5.25 Å². The minimum Gasteiger partial charge on any atom is -0.477 e. The Morgan fingerprint density at radius 2 is 2.47 bits per heavy atom. The molecule has 0 aliphatic carbocycles. The smallest absolute Gasteiger partial charge is 0.341 e. The van der Waals surface area contributed by atoms with E-state index in [9.17, 15) is 4.79 Å². The second-order valence-corrected chi connectivity index (χ2v) is 4.64. The maximum atomic E-state index is 10.7. The Morgan fingerprint density at radius 3 is 3.00 bits per heavy atom. The molecule has 1 aromatic heterocycles. The van der Waals surface area contributed by atoms with Crippen LogP contribution in [0.15, 0.2) is 6.20 Å². The van der Waals surface area contributed by atoms with Gasteiger partial charge in [0.25, 0.3) is 0 Å². The molecule has 2 heterocycles. The molecule has 1 fully saturated rings. The van der Waals surface area contributed by atoms with Gasteiger partial charge >= 0.3 is 5.97 Å². The largest absolute Gasteiger partial charge is 0.477 e. The van der Waals surface area contributed by atoms with Crippen LogP contribution in [-0.4, -0.2) is 26.8 Å². The number of carbonyl (C=O) groups is 1. The van der Waals surface area contributed by atoms with Gasteiger partial charge in [0.15, 0.2) is 0 Å². The number of nitrogens with two attached hydrogens (primary N) is 1. The Labute approximate surface area is 91.1 Å². The van der Waals surface area contributed by atoms with Crippen LogP contribution >= 0.6 is 11.8 Å². The third-order valence-electron chi connectivity index (χ3n) is 2.28. The second-order valence-electron chi connectivity index (χ2n) is 3.33. The number of nitrogens with zero attached hydrogens (tertiary/aromatic N) is 2. The highest BCUT2D eigenvalue weighted by Gasteiger charge is 2.21. The molecule has 1 atom stereocenters. The Kier molecular flexibility index (Phi) is 2.77. The lowest BCUT2D eigenvalue weighted by Crippen LogP contribution is -2.09. The van der Waals surface area contributed by atoms with Gasteiger partial charge < -0.3 is 10.8 Å². The van der Waals surface area contributed by atoms with E-state index in [1.165, 1.54) is 6.20 Å². The van der Waals surface area contributed by atoms with Crippen molar-refractivity contribution in [1.82, 2.24) is 9.97 Å². The number of hydrogen-bond acceptors (Lipinski definition) is 5. The van der Waals surface area contributed by atoms with E-state index in [2.05, 4.69) is 9.97 Å². The molecule has 1 saturated heterocycles. The molecule has 1 aromatic rings. The van der Waals surface area contributed by atoms with Gasteiger partial charge in [0, 0.05) is 6.20 Å². The van der Waals surface area contributed by atoms with E-state index in [4.69, 9.17) is 10.8 Å². The first-order valence-corrected chi connectivity index (χ1v) is 5.70. The summed E-state index contributed by atoms with van der Waals surface area (Å²) in [6.07, 6.45) is 3.48. The summed E-state index contributed by atoms with van der Waals surface area (Å²) >= 11 is 1.79. The predicted octanol–water partition coefficient (Wildman–Crippen LogP) is 1.33. The topological polar surface area (TPSA) is 89.1 Å². The molecule has 1 unspecified atom stereocenters. The number of anilines is 1. The number of nitrogen functional groups attached to an aromatic ring is 1. The maximum absolute atomic E-state index is 10.7. The molecule has 0 saturated carbocycles. The number of thioether (sulfide) groups is 1. The van der Waals surface area contributed by atoms with E-state index >= 15 is 0 Å². The zero-order chi connectivity index (χ0) is 10.8. The SMILES string of the molecule is Nc1nc(C2CCCS2)ncc1C(=O)O. The lowest BCUT2D eigenvalue weighted by Gasteiger charge is -2.08. The number of carboxylic acids is 1. The Morgan fingerprint density at radius 1 is 1.67 bits per heavy atom. The summed E-state index contributed by atoms with van der Waals surface area (Å²) < 4.78 is 0. The van der Waals surface area contributed by atoms with E-state index in [0.717, 1.165) is 18.6 Å². The summed E-state index contributed by atoms with van der Waals surface area (Å²) in [5.41, 5.74) is 5.52. The fourth-order valence-electron chi connectivity index (χ4n) is 1.51. The van der Waals surface area contributed by atoms with E-state index in [1.54, 1.807) is 11.8 Å². The first-order chi connectivity index (χ1) is 7.18. The van der Waals surface area contributed by atoms with E-state index in [1.807, 2.05) is 0 Å². The predicted molar refractivity (Wildman–Crippen MR) is 57.8 cm³/mol. The van der Waals surface area contributed by atoms with Crippen molar-refractivity contribution >= 4 is 23.5 Å². The van der Waals surface area contributed by atoms with Crippen LogP contribution in [0.2, 0.25) is 0 Å². The zero-order valence-electron chi connectivity index (χ0n) is 8.01. The van der Waals surface area contributed by atoms with Crippen LogP contribution in [0.25, 0.3) is 0 Å². The van der Waals surface area contributed by atoms with Crippen LogP contribution in [0.5, 0.6) is 0 Å². The van der Waals surface area contributed by atoms with Gasteiger partial charge in [-0.1, -0.05) is 0 Å². The summed E-state index contributed by atoms with van der Waals surface area (Å²) in [5, 5.41) is 9.03. The number of rotatable bonds is 2. The van der Waals surface area contributed by atoms with E-state index in [-0.39, 0.29) is 16.6 Å². The maximum Gasteiger partial charge on any atom is 0.341 e. The second kappa shape index (κ2) is 4.06. The highest BCUT2D eigenvalue weighted by atomic mass is 32.2. The molecular weight excluding hydrogens is 214 g/mol. The molecule has 0 aromatic carbocycles. The third kappa shape index (κ3) is 2.04. The molecular formula is C9H11N3O2S. The molecule has 1 aliphatic heterocycles. The molecule has 0 radical (unpaired) electrons. The zero-order valence-corrected chi connectivity index (χ0v) is 8.83. The van der Waals surface area contributed by atoms with Gasteiger partial charge in [-0.05, 0) is 18.6 Å². The highest BCUT2D eigenvalue weighted by Crippen LogP contribution is 2.38. The van der Waals surface area contributed by atoms with Crippen LogP contribution in [-0.2, 0) is 0 Å². The minimum atomic E-state index is -1.09. The number of hydrogen-bond donors (Lipinski definition) is 2. The summed E-state index contributed by atoms with van der Waals surface area (Å²) in [5.74, 6) is 0.729. The molecule has 15 heavy (non-hydrogen) atoms. The Hall–Kier alpha value is -1.30. The van der Waals surface area contributed by atoms with Crippen LogP contribution < -0.4 is 5.73 Å². The quantitative estimate of drug-likeness (QED) is 0.789. The van der Waals surface area contributed by atoms with Gasteiger partial charge in [0.2, 0.25) is 0 Å². The summed E-state index contributed by atoms with van der Waals surface area (Å²) in [7, 11) is 0. The normalized spacial score (nSPS) is 20.4. The van der Waals surface area contributed by atoms with E-state index in [0.29, 0.717) is 5.82 Å². The number of aromatic carboxylic acids is 1. The third-order valence-corrected chi connectivity index (χ3v) is 3.66. The Bertz CT molecular complexity index is 391. The van der Waals surface area contributed by atoms with Crippen LogP contribution in [0, 0.1) is 0 Å². The molecule has 0 amide bonds. The lowest BCUT2D eigenvalue weighted by atomic mass is 10.2. The molecule has 2 rings (SSSR count). The molecule has 3 N–H and O–H groups in total. The van der Waals surface area contributed by atoms with Gasteiger partial charge in [0.1, 0.15) is 17.2 Å². The van der Waals surface area contributed by atoms with Crippen molar-refractivity contribution in [3.63, 3.8) is 0 Å². The van der Waals surface area contributed by atoms with Crippen molar-refractivity contribution in [1.29, 1.82) is 0 Å². The number of carboxylic acid groups (broad SMARTS) is 1. The standard InChI is InChI=1S/C9H11N3O2S/c10-7-5(9(13)14)4-11-8(12-7)6-2-1-3-15-6/h4,6H,1-3H2,(H,13,14)(H2,10,11,12). The van der Waals surface area contributed by atoms with Gasteiger partial charge in [-0.25, -0.2) is 14.8 Å². The average Bonchev–Trinajstić information content (AvgIpc) is 2.69. The fourth-order valence-corrected chi connectivity index (χ4v) is 2.72. The molecule has 0 spiro atoms. The fraction of sp³-hybridized carbons (Fsp3) is 0.444. The first kappa shape index (κ1) is 10.2. The summed E-state index contributed by atoms with van der Waals surface area (Å²) in [4.78, 5) is 18.8. The van der Waals surface area contributed by atoms with Crippen molar-refractivity contribution in [3.8, 4) is 0 Å². The lowest BCUT2D eigenvalue weighted by molar-refractivity contribution is 0.0697. The van der Waals surface area contributed by atoms with Gasteiger partial charge in [-0.3, -0.25) is 0 Å². The summed E-state index contributed by atoms with van der Waals surface area (Å²) in [6.45, 7) is 0. The average molecular weight is 225 g/mol. The van der Waals surface area contributed by atoms with Crippen LogP contribution in [0.4, 0.5) is 5.82 Å². The van der Waals surface area contributed by atoms with Gasteiger partial charge in [-0.15, -0.1) is 0 Å². The van der Waals surface area contributed by atoms with Crippen molar-refractivity contribution in [3.05, 3.63) is 17.6 Å². The van der Waals surface area contributed by atoms with Gasteiger partial charge in [-0.2, -0.15) is 11.8 Å².